The van der Waals surface area contributed by atoms with Gasteiger partial charge in [-0.3, -0.25) is 9.59 Å². The molecule has 0 aliphatic carbocycles. The van der Waals surface area contributed by atoms with Crippen LogP contribution in [0.25, 0.3) is 6.08 Å². The zero-order valence-corrected chi connectivity index (χ0v) is 13.5. The third-order valence-electron chi connectivity index (χ3n) is 3.22. The maximum atomic E-state index is 13.1. The van der Waals surface area contributed by atoms with Crippen LogP contribution in [0.15, 0.2) is 54.6 Å². The molecule has 0 unspecified atom stereocenters. The van der Waals surface area contributed by atoms with Gasteiger partial charge in [-0.2, -0.15) is 0 Å². The van der Waals surface area contributed by atoms with E-state index in [1.807, 2.05) is 13.8 Å². The molecular formula is C19H19FN2O2. The topological polar surface area (TPSA) is 58.2 Å². The molecule has 0 saturated heterocycles. The van der Waals surface area contributed by atoms with E-state index >= 15 is 0 Å². The Morgan fingerprint density at radius 3 is 2.21 bits per heavy atom. The highest BCUT2D eigenvalue weighted by Crippen LogP contribution is 2.14. The van der Waals surface area contributed by atoms with E-state index in [9.17, 15) is 14.0 Å². The summed E-state index contributed by atoms with van der Waals surface area (Å²) in [7, 11) is 0. The van der Waals surface area contributed by atoms with E-state index in [-0.39, 0.29) is 23.5 Å². The number of hydrogen-bond donors (Lipinski definition) is 2. The van der Waals surface area contributed by atoms with Crippen LogP contribution in [0, 0.1) is 11.7 Å². The summed E-state index contributed by atoms with van der Waals surface area (Å²) in [5.41, 5.74) is 1.88. The van der Waals surface area contributed by atoms with Crippen LogP contribution in [0.4, 0.5) is 15.8 Å². The standard InChI is InChI=1S/C19H19FN2O2/c1-13(2)19(24)22-17-9-7-16(8-10-17)21-18(23)11-6-14-4-3-5-15(20)12-14/h3-13H,1-2H3,(H,21,23)(H,22,24)/b11-6+. The summed E-state index contributed by atoms with van der Waals surface area (Å²) in [6, 6.07) is 12.8. The van der Waals surface area contributed by atoms with Crippen LogP contribution in [-0.4, -0.2) is 11.8 Å². The lowest BCUT2D eigenvalue weighted by atomic mass is 10.2. The normalized spacial score (nSPS) is 10.8. The first kappa shape index (κ1) is 17.4. The quantitative estimate of drug-likeness (QED) is 0.814. The van der Waals surface area contributed by atoms with Crippen molar-refractivity contribution >= 4 is 29.3 Å². The first-order valence-electron chi connectivity index (χ1n) is 7.59. The third-order valence-corrected chi connectivity index (χ3v) is 3.22. The van der Waals surface area contributed by atoms with E-state index in [1.165, 1.54) is 24.3 Å². The first-order chi connectivity index (χ1) is 11.4. The highest BCUT2D eigenvalue weighted by atomic mass is 19.1. The second kappa shape index (κ2) is 8.06. The first-order valence-corrected chi connectivity index (χ1v) is 7.59. The molecule has 0 atom stereocenters. The van der Waals surface area contributed by atoms with E-state index in [0.717, 1.165) is 0 Å². The molecule has 2 rings (SSSR count). The van der Waals surface area contributed by atoms with Gasteiger partial charge in [0.1, 0.15) is 5.82 Å². The number of carbonyl (C=O) groups excluding carboxylic acids is 2. The van der Waals surface area contributed by atoms with Crippen LogP contribution in [0.2, 0.25) is 0 Å². The number of rotatable bonds is 5. The molecule has 2 N–H and O–H groups in total. The third kappa shape index (κ3) is 5.35. The van der Waals surface area contributed by atoms with Gasteiger partial charge < -0.3 is 10.6 Å². The summed E-state index contributed by atoms with van der Waals surface area (Å²) in [6.45, 7) is 3.63. The maximum absolute atomic E-state index is 13.1. The molecule has 4 nitrogen and oxygen atoms in total. The summed E-state index contributed by atoms with van der Waals surface area (Å²) in [4.78, 5) is 23.5. The molecule has 5 heteroatoms. The van der Waals surface area contributed by atoms with E-state index < -0.39 is 0 Å². The van der Waals surface area contributed by atoms with E-state index in [4.69, 9.17) is 0 Å². The van der Waals surface area contributed by atoms with Crippen molar-refractivity contribution in [3.05, 3.63) is 66.0 Å². The molecular weight excluding hydrogens is 307 g/mol. The fraction of sp³-hybridized carbons (Fsp3) is 0.158. The summed E-state index contributed by atoms with van der Waals surface area (Å²) >= 11 is 0. The predicted octanol–water partition coefficient (Wildman–Crippen LogP) is 4.07. The molecule has 2 amide bonds. The van der Waals surface area contributed by atoms with Crippen molar-refractivity contribution in [2.45, 2.75) is 13.8 Å². The molecule has 2 aromatic carbocycles. The average molecular weight is 326 g/mol. The van der Waals surface area contributed by atoms with Gasteiger partial charge in [0.25, 0.3) is 0 Å². The Kier molecular flexibility index (Phi) is 5.84. The van der Waals surface area contributed by atoms with Crippen LogP contribution in [0.3, 0.4) is 0 Å². The van der Waals surface area contributed by atoms with Gasteiger partial charge >= 0.3 is 0 Å². The minimum atomic E-state index is -0.350. The number of amides is 2. The number of anilines is 2. The van der Waals surface area contributed by atoms with Crippen molar-refractivity contribution in [2.24, 2.45) is 5.92 Å². The highest BCUT2D eigenvalue weighted by molar-refractivity contribution is 6.02. The molecule has 0 bridgehead atoms. The minimum Gasteiger partial charge on any atom is -0.326 e. The van der Waals surface area contributed by atoms with Gasteiger partial charge in [0.2, 0.25) is 11.8 Å². The number of hydrogen-bond acceptors (Lipinski definition) is 2. The molecule has 0 aliphatic rings. The lowest BCUT2D eigenvalue weighted by molar-refractivity contribution is -0.119. The zero-order chi connectivity index (χ0) is 17.5. The monoisotopic (exact) mass is 326 g/mol. The Hall–Kier alpha value is -2.95. The van der Waals surface area contributed by atoms with Crippen molar-refractivity contribution < 1.29 is 14.0 Å². The fourth-order valence-corrected chi connectivity index (χ4v) is 1.89. The fourth-order valence-electron chi connectivity index (χ4n) is 1.89. The van der Waals surface area contributed by atoms with Crippen LogP contribution in [-0.2, 0) is 9.59 Å². The minimum absolute atomic E-state index is 0.0650. The Balaban J connectivity index is 1.93. The van der Waals surface area contributed by atoms with Gasteiger partial charge in [0, 0.05) is 23.4 Å². The number of benzene rings is 2. The van der Waals surface area contributed by atoms with Crippen LogP contribution >= 0.6 is 0 Å². The van der Waals surface area contributed by atoms with Gasteiger partial charge in [-0.1, -0.05) is 26.0 Å². The number of carbonyl (C=O) groups is 2. The molecule has 0 aliphatic heterocycles. The van der Waals surface area contributed by atoms with Gasteiger partial charge in [-0.15, -0.1) is 0 Å². The second-order valence-corrected chi connectivity index (χ2v) is 5.60. The van der Waals surface area contributed by atoms with Gasteiger partial charge in [-0.25, -0.2) is 4.39 Å². The summed E-state index contributed by atoms with van der Waals surface area (Å²) < 4.78 is 13.1. The summed E-state index contributed by atoms with van der Waals surface area (Å²) in [5.74, 6) is -0.836. The second-order valence-electron chi connectivity index (χ2n) is 5.60. The van der Waals surface area contributed by atoms with E-state index in [1.54, 1.807) is 36.4 Å². The lowest BCUT2D eigenvalue weighted by Crippen LogP contribution is -2.17. The highest BCUT2D eigenvalue weighted by Gasteiger charge is 2.06. The Morgan fingerprint density at radius 2 is 1.62 bits per heavy atom. The smallest absolute Gasteiger partial charge is 0.248 e. The van der Waals surface area contributed by atoms with Gasteiger partial charge in [-0.05, 0) is 48.0 Å². The van der Waals surface area contributed by atoms with Crippen molar-refractivity contribution in [1.29, 1.82) is 0 Å². The average Bonchev–Trinajstić information content (AvgIpc) is 2.55. The number of halogens is 1. The molecule has 0 aromatic heterocycles. The molecule has 0 fully saturated rings. The molecule has 0 heterocycles. The van der Waals surface area contributed by atoms with E-state index in [0.29, 0.717) is 16.9 Å². The Bertz CT molecular complexity index is 752. The maximum Gasteiger partial charge on any atom is 0.248 e. The molecule has 24 heavy (non-hydrogen) atoms. The van der Waals surface area contributed by atoms with Crippen molar-refractivity contribution in [3.8, 4) is 0 Å². The van der Waals surface area contributed by atoms with Crippen LogP contribution in [0.5, 0.6) is 0 Å². The van der Waals surface area contributed by atoms with Crippen molar-refractivity contribution in [1.82, 2.24) is 0 Å². The van der Waals surface area contributed by atoms with Crippen molar-refractivity contribution in [2.75, 3.05) is 10.6 Å². The largest absolute Gasteiger partial charge is 0.326 e. The van der Waals surface area contributed by atoms with E-state index in [2.05, 4.69) is 10.6 Å². The summed E-state index contributed by atoms with van der Waals surface area (Å²) in [5, 5.41) is 5.47. The van der Waals surface area contributed by atoms with Gasteiger partial charge in [0.15, 0.2) is 0 Å². The van der Waals surface area contributed by atoms with Crippen LogP contribution < -0.4 is 10.6 Å². The molecule has 0 radical (unpaired) electrons. The zero-order valence-electron chi connectivity index (χ0n) is 13.5. The Morgan fingerprint density at radius 1 is 1.00 bits per heavy atom. The van der Waals surface area contributed by atoms with Gasteiger partial charge in [0.05, 0.1) is 0 Å². The molecule has 124 valence electrons. The summed E-state index contributed by atoms with van der Waals surface area (Å²) in [6.07, 6.45) is 2.87. The van der Waals surface area contributed by atoms with Crippen molar-refractivity contribution in [3.63, 3.8) is 0 Å². The lowest BCUT2D eigenvalue weighted by Gasteiger charge is -2.08. The Labute approximate surface area is 140 Å². The SMILES string of the molecule is CC(C)C(=O)Nc1ccc(NC(=O)/C=C/c2cccc(F)c2)cc1. The molecule has 0 saturated carbocycles. The predicted molar refractivity (Wildman–Crippen MR) is 94.0 cm³/mol. The number of nitrogens with one attached hydrogen (secondary N) is 2. The molecule has 2 aromatic rings. The molecule has 0 spiro atoms. The van der Waals surface area contributed by atoms with Crippen LogP contribution in [0.1, 0.15) is 19.4 Å².